The van der Waals surface area contributed by atoms with E-state index in [9.17, 15) is 4.79 Å². The predicted molar refractivity (Wildman–Crippen MR) is 92.3 cm³/mol. The van der Waals surface area contributed by atoms with E-state index in [-0.39, 0.29) is 6.09 Å². The molecule has 1 aromatic rings. The molecule has 1 heterocycles. The number of nitrogens with zero attached hydrogens (tertiary/aromatic N) is 2. The van der Waals surface area contributed by atoms with Crippen LogP contribution in [-0.4, -0.2) is 41.1 Å². The number of alkyl carbamates (subject to hydrolysis) is 1. The molecule has 6 heteroatoms. The second-order valence-corrected chi connectivity index (χ2v) is 7.36. The zero-order valence-electron chi connectivity index (χ0n) is 15.3. The SMILES string of the molecule is CC(C)C(CNCCc1cnn(C)c1)CNC(=O)OC(C)(C)C. The lowest BCUT2D eigenvalue weighted by Crippen LogP contribution is -2.39. The predicted octanol–water partition coefficient (Wildman–Crippen LogP) is 2.35. The number of hydrogen-bond donors (Lipinski definition) is 2. The number of amides is 1. The lowest BCUT2D eigenvalue weighted by Gasteiger charge is -2.24. The number of ether oxygens (including phenoxy) is 1. The van der Waals surface area contributed by atoms with Gasteiger partial charge in [0.1, 0.15) is 5.60 Å². The first-order chi connectivity index (χ1) is 10.7. The molecular weight excluding hydrogens is 292 g/mol. The molecule has 1 unspecified atom stereocenters. The molecule has 0 aromatic carbocycles. The lowest BCUT2D eigenvalue weighted by molar-refractivity contribution is 0.0515. The van der Waals surface area contributed by atoms with Crippen molar-refractivity contribution >= 4 is 6.09 Å². The third kappa shape index (κ3) is 8.59. The fraction of sp³-hybridized carbons (Fsp3) is 0.765. The van der Waals surface area contributed by atoms with Gasteiger partial charge in [0.2, 0.25) is 0 Å². The van der Waals surface area contributed by atoms with Crippen LogP contribution in [0, 0.1) is 11.8 Å². The molecule has 23 heavy (non-hydrogen) atoms. The zero-order valence-corrected chi connectivity index (χ0v) is 15.3. The van der Waals surface area contributed by atoms with Crippen LogP contribution >= 0.6 is 0 Å². The average Bonchev–Trinajstić information content (AvgIpc) is 2.81. The van der Waals surface area contributed by atoms with Gasteiger partial charge in [-0.3, -0.25) is 4.68 Å². The van der Waals surface area contributed by atoms with Gasteiger partial charge in [-0.15, -0.1) is 0 Å². The van der Waals surface area contributed by atoms with Crippen LogP contribution in [0.3, 0.4) is 0 Å². The van der Waals surface area contributed by atoms with Crippen LogP contribution in [0.5, 0.6) is 0 Å². The smallest absolute Gasteiger partial charge is 0.407 e. The van der Waals surface area contributed by atoms with Crippen molar-refractivity contribution in [1.82, 2.24) is 20.4 Å². The van der Waals surface area contributed by atoms with Gasteiger partial charge in [-0.1, -0.05) is 13.8 Å². The van der Waals surface area contributed by atoms with Crippen LogP contribution in [0.25, 0.3) is 0 Å². The molecule has 0 spiro atoms. The zero-order chi connectivity index (χ0) is 17.5. The summed E-state index contributed by atoms with van der Waals surface area (Å²) in [5, 5.41) is 10.5. The van der Waals surface area contributed by atoms with Crippen LogP contribution < -0.4 is 10.6 Å². The highest BCUT2D eigenvalue weighted by Gasteiger charge is 2.18. The molecule has 0 fully saturated rings. The van der Waals surface area contributed by atoms with Gasteiger partial charge < -0.3 is 15.4 Å². The Kier molecular flexibility index (Phi) is 7.55. The molecule has 1 aromatic heterocycles. The van der Waals surface area contributed by atoms with Crippen molar-refractivity contribution in [3.63, 3.8) is 0 Å². The normalized spacial score (nSPS) is 13.2. The van der Waals surface area contributed by atoms with E-state index < -0.39 is 5.60 Å². The highest BCUT2D eigenvalue weighted by atomic mass is 16.6. The van der Waals surface area contributed by atoms with Crippen LogP contribution in [0.1, 0.15) is 40.2 Å². The highest BCUT2D eigenvalue weighted by Crippen LogP contribution is 2.10. The molecule has 2 N–H and O–H groups in total. The number of aryl methyl sites for hydroxylation is 1. The summed E-state index contributed by atoms with van der Waals surface area (Å²) in [6, 6.07) is 0. The fourth-order valence-corrected chi connectivity index (χ4v) is 2.19. The number of aromatic nitrogens is 2. The van der Waals surface area contributed by atoms with Crippen LogP contribution in [0.2, 0.25) is 0 Å². The molecule has 1 atom stereocenters. The molecular formula is C17H32N4O2. The minimum absolute atomic E-state index is 0.349. The number of nitrogens with one attached hydrogen (secondary N) is 2. The van der Waals surface area contributed by atoms with Gasteiger partial charge in [0.05, 0.1) is 6.20 Å². The summed E-state index contributed by atoms with van der Waals surface area (Å²) in [7, 11) is 1.92. The van der Waals surface area contributed by atoms with E-state index >= 15 is 0 Å². The number of carbonyl (C=O) groups excluding carboxylic acids is 1. The molecule has 0 aliphatic carbocycles. The van der Waals surface area contributed by atoms with Gasteiger partial charge in [0.25, 0.3) is 0 Å². The summed E-state index contributed by atoms with van der Waals surface area (Å²) in [4.78, 5) is 11.7. The van der Waals surface area contributed by atoms with E-state index in [4.69, 9.17) is 4.74 Å². The summed E-state index contributed by atoms with van der Waals surface area (Å²) in [5.74, 6) is 0.854. The van der Waals surface area contributed by atoms with E-state index in [1.807, 2.05) is 44.9 Å². The van der Waals surface area contributed by atoms with Crippen LogP contribution in [-0.2, 0) is 18.2 Å². The molecule has 132 valence electrons. The van der Waals surface area contributed by atoms with Crippen LogP contribution in [0.4, 0.5) is 4.79 Å². The summed E-state index contributed by atoms with van der Waals surface area (Å²) < 4.78 is 7.09. The molecule has 0 aliphatic rings. The fourth-order valence-electron chi connectivity index (χ4n) is 2.19. The van der Waals surface area contributed by atoms with Gasteiger partial charge >= 0.3 is 6.09 Å². The molecule has 1 rings (SSSR count). The Hall–Kier alpha value is -1.56. The Balaban J connectivity index is 2.27. The first-order valence-electron chi connectivity index (χ1n) is 8.32. The average molecular weight is 324 g/mol. The highest BCUT2D eigenvalue weighted by molar-refractivity contribution is 5.67. The first kappa shape index (κ1) is 19.5. The minimum Gasteiger partial charge on any atom is -0.444 e. The summed E-state index contributed by atoms with van der Waals surface area (Å²) >= 11 is 0. The maximum Gasteiger partial charge on any atom is 0.407 e. The third-order valence-electron chi connectivity index (χ3n) is 3.61. The number of carbonyl (C=O) groups is 1. The number of hydrogen-bond acceptors (Lipinski definition) is 4. The Morgan fingerprint density at radius 1 is 1.35 bits per heavy atom. The third-order valence-corrected chi connectivity index (χ3v) is 3.61. The van der Waals surface area contributed by atoms with Crippen molar-refractivity contribution in [1.29, 1.82) is 0 Å². The molecule has 0 aliphatic heterocycles. The minimum atomic E-state index is -0.459. The quantitative estimate of drug-likeness (QED) is 0.720. The van der Waals surface area contributed by atoms with E-state index in [0.29, 0.717) is 18.4 Å². The monoisotopic (exact) mass is 324 g/mol. The van der Waals surface area contributed by atoms with E-state index in [1.165, 1.54) is 5.56 Å². The molecule has 1 amide bonds. The molecule has 0 saturated heterocycles. The standard InChI is InChI=1S/C17H32N4O2/c1-13(2)15(11-19-16(22)23-17(3,4)5)10-18-8-7-14-9-20-21(6)12-14/h9,12-13,15,18H,7-8,10-11H2,1-6H3,(H,19,22). The van der Waals surface area contributed by atoms with Gasteiger partial charge in [-0.2, -0.15) is 5.10 Å². The van der Waals surface area contributed by atoms with E-state index in [1.54, 1.807) is 0 Å². The molecule has 6 nitrogen and oxygen atoms in total. The van der Waals surface area contributed by atoms with E-state index in [2.05, 4.69) is 29.6 Å². The number of rotatable bonds is 8. The Labute approximate surface area is 140 Å². The van der Waals surface area contributed by atoms with Gasteiger partial charge in [0, 0.05) is 19.8 Å². The van der Waals surface area contributed by atoms with Crippen molar-refractivity contribution in [2.24, 2.45) is 18.9 Å². The van der Waals surface area contributed by atoms with Crippen molar-refractivity contribution in [2.75, 3.05) is 19.6 Å². The molecule has 0 radical (unpaired) electrons. The van der Waals surface area contributed by atoms with Crippen molar-refractivity contribution in [3.05, 3.63) is 18.0 Å². The second-order valence-electron chi connectivity index (χ2n) is 7.36. The van der Waals surface area contributed by atoms with Gasteiger partial charge in [-0.25, -0.2) is 4.79 Å². The maximum atomic E-state index is 11.7. The molecule has 0 bridgehead atoms. The largest absolute Gasteiger partial charge is 0.444 e. The Morgan fingerprint density at radius 3 is 2.57 bits per heavy atom. The van der Waals surface area contributed by atoms with Crippen molar-refractivity contribution in [3.8, 4) is 0 Å². The summed E-state index contributed by atoms with van der Waals surface area (Å²) in [6.45, 7) is 12.3. The van der Waals surface area contributed by atoms with Crippen molar-refractivity contribution < 1.29 is 9.53 Å². The maximum absolute atomic E-state index is 11.7. The lowest BCUT2D eigenvalue weighted by atomic mass is 9.95. The molecule has 0 saturated carbocycles. The second kappa shape index (κ2) is 8.91. The van der Waals surface area contributed by atoms with Crippen molar-refractivity contribution in [2.45, 2.75) is 46.6 Å². The van der Waals surface area contributed by atoms with Crippen LogP contribution in [0.15, 0.2) is 12.4 Å². The van der Waals surface area contributed by atoms with Gasteiger partial charge in [0.15, 0.2) is 0 Å². The Bertz CT molecular complexity index is 477. The summed E-state index contributed by atoms with van der Waals surface area (Å²) in [5.41, 5.74) is 0.771. The summed E-state index contributed by atoms with van der Waals surface area (Å²) in [6.07, 6.45) is 4.54. The van der Waals surface area contributed by atoms with Gasteiger partial charge in [-0.05, 0) is 57.7 Å². The Morgan fingerprint density at radius 2 is 2.04 bits per heavy atom. The van der Waals surface area contributed by atoms with E-state index in [0.717, 1.165) is 19.5 Å². The topological polar surface area (TPSA) is 68.2 Å². The first-order valence-corrected chi connectivity index (χ1v) is 8.32.